The summed E-state index contributed by atoms with van der Waals surface area (Å²) < 4.78 is 12.2. The van der Waals surface area contributed by atoms with Crippen LogP contribution in [0.1, 0.15) is 42.5 Å². The van der Waals surface area contributed by atoms with Gasteiger partial charge in [-0.2, -0.15) is 5.26 Å². The third-order valence-electron chi connectivity index (χ3n) is 3.98. The highest BCUT2D eigenvalue weighted by atomic mass is 19.1. The second kappa shape index (κ2) is 7.07. The number of guanidine groups is 1. The SMILES string of the molecule is CCc1cccc2c1CCCC2N(C#N)C(N)=NCCF. The molecule has 0 aliphatic heterocycles. The van der Waals surface area contributed by atoms with Gasteiger partial charge in [0.15, 0.2) is 6.19 Å². The molecule has 0 saturated heterocycles. The maximum Gasteiger partial charge on any atom is 0.205 e. The molecule has 0 amide bonds. The summed E-state index contributed by atoms with van der Waals surface area (Å²) >= 11 is 0. The van der Waals surface area contributed by atoms with Crippen LogP contribution in [0.2, 0.25) is 0 Å². The lowest BCUT2D eigenvalue weighted by Crippen LogP contribution is -2.38. The quantitative estimate of drug-likeness (QED) is 0.401. The lowest BCUT2D eigenvalue weighted by atomic mass is 9.83. The third-order valence-corrected chi connectivity index (χ3v) is 3.98. The zero-order valence-corrected chi connectivity index (χ0v) is 12.3. The van der Waals surface area contributed by atoms with E-state index in [1.807, 2.05) is 6.07 Å². The summed E-state index contributed by atoms with van der Waals surface area (Å²) in [4.78, 5) is 5.35. The first-order chi connectivity index (χ1) is 10.2. The normalized spacial score (nSPS) is 18.0. The predicted octanol–water partition coefficient (Wildman–Crippen LogP) is 2.69. The van der Waals surface area contributed by atoms with Gasteiger partial charge in [0.1, 0.15) is 6.67 Å². The van der Waals surface area contributed by atoms with Gasteiger partial charge in [-0.25, -0.2) is 14.3 Å². The largest absolute Gasteiger partial charge is 0.369 e. The Bertz CT molecular complexity index is 562. The molecule has 1 aromatic carbocycles. The summed E-state index contributed by atoms with van der Waals surface area (Å²) in [6, 6.07) is 6.14. The van der Waals surface area contributed by atoms with Crippen molar-refractivity contribution in [1.82, 2.24) is 4.90 Å². The zero-order chi connectivity index (χ0) is 15.2. The summed E-state index contributed by atoms with van der Waals surface area (Å²) in [5, 5.41) is 9.42. The molecule has 0 spiro atoms. The van der Waals surface area contributed by atoms with E-state index in [1.54, 1.807) is 0 Å². The Balaban J connectivity index is 2.36. The zero-order valence-electron chi connectivity index (χ0n) is 12.3. The Kier molecular flexibility index (Phi) is 5.15. The minimum atomic E-state index is -0.568. The van der Waals surface area contributed by atoms with Crippen molar-refractivity contribution in [2.24, 2.45) is 10.7 Å². The summed E-state index contributed by atoms with van der Waals surface area (Å²) in [5.74, 6) is 0.106. The van der Waals surface area contributed by atoms with Crippen LogP contribution < -0.4 is 5.73 Å². The van der Waals surface area contributed by atoms with E-state index >= 15 is 0 Å². The molecular weight excluding hydrogens is 267 g/mol. The predicted molar refractivity (Wildman–Crippen MR) is 81.4 cm³/mol. The number of nitriles is 1. The van der Waals surface area contributed by atoms with Crippen molar-refractivity contribution in [3.63, 3.8) is 0 Å². The van der Waals surface area contributed by atoms with Crippen LogP contribution in [0.25, 0.3) is 0 Å². The molecule has 0 bridgehead atoms. The van der Waals surface area contributed by atoms with Crippen molar-refractivity contribution in [1.29, 1.82) is 5.26 Å². The maximum atomic E-state index is 12.2. The van der Waals surface area contributed by atoms with Crippen LogP contribution in [-0.4, -0.2) is 24.1 Å². The standard InChI is InChI=1S/C16H21FN4/c1-2-12-5-3-7-14-13(12)6-4-8-15(14)21(11-18)16(19)20-10-9-17/h3,5,7,15H,2,4,6,8-10H2,1H3,(H2,19,20). The van der Waals surface area contributed by atoms with E-state index in [1.165, 1.54) is 16.0 Å². The number of aryl methyl sites for hydroxylation is 1. The van der Waals surface area contributed by atoms with Crippen LogP contribution >= 0.6 is 0 Å². The van der Waals surface area contributed by atoms with E-state index in [4.69, 9.17) is 5.73 Å². The van der Waals surface area contributed by atoms with Gasteiger partial charge in [0.2, 0.25) is 5.96 Å². The van der Waals surface area contributed by atoms with Gasteiger partial charge in [0.05, 0.1) is 12.6 Å². The summed E-state index contributed by atoms with van der Waals surface area (Å²) in [5.41, 5.74) is 9.67. The third kappa shape index (κ3) is 3.15. The average Bonchev–Trinajstić information content (AvgIpc) is 2.53. The van der Waals surface area contributed by atoms with Crippen molar-refractivity contribution in [2.75, 3.05) is 13.2 Å². The molecule has 5 heteroatoms. The first-order valence-corrected chi connectivity index (χ1v) is 7.38. The van der Waals surface area contributed by atoms with Crippen molar-refractivity contribution in [3.8, 4) is 6.19 Å². The molecule has 1 aromatic rings. The fraction of sp³-hybridized carbons (Fsp3) is 0.500. The van der Waals surface area contributed by atoms with Gasteiger partial charge in [-0.3, -0.25) is 0 Å². The number of nitrogens with two attached hydrogens (primary N) is 1. The number of rotatable bonds is 4. The van der Waals surface area contributed by atoms with Gasteiger partial charge in [-0.15, -0.1) is 0 Å². The molecule has 1 aliphatic carbocycles. The summed E-state index contributed by atoms with van der Waals surface area (Å²) in [6.07, 6.45) is 6.01. The van der Waals surface area contributed by atoms with Crippen molar-refractivity contribution < 1.29 is 4.39 Å². The van der Waals surface area contributed by atoms with Crippen LogP contribution in [0.5, 0.6) is 0 Å². The van der Waals surface area contributed by atoms with E-state index in [0.717, 1.165) is 31.2 Å². The number of hydrogen-bond donors (Lipinski definition) is 1. The van der Waals surface area contributed by atoms with Crippen LogP contribution in [0.15, 0.2) is 23.2 Å². The fourth-order valence-electron chi connectivity index (χ4n) is 3.01. The molecule has 112 valence electrons. The van der Waals surface area contributed by atoms with Crippen molar-refractivity contribution >= 4 is 5.96 Å². The van der Waals surface area contributed by atoms with Crippen molar-refractivity contribution in [3.05, 3.63) is 34.9 Å². The Morgan fingerprint density at radius 1 is 1.57 bits per heavy atom. The molecule has 1 aliphatic rings. The van der Waals surface area contributed by atoms with Gasteiger partial charge in [-0.1, -0.05) is 25.1 Å². The average molecular weight is 288 g/mol. The highest BCUT2D eigenvalue weighted by Gasteiger charge is 2.28. The molecule has 1 unspecified atom stereocenters. The van der Waals surface area contributed by atoms with Gasteiger partial charge in [0.25, 0.3) is 0 Å². The van der Waals surface area contributed by atoms with Crippen molar-refractivity contribution in [2.45, 2.75) is 38.6 Å². The monoisotopic (exact) mass is 288 g/mol. The molecule has 1 atom stereocenters. The van der Waals surface area contributed by atoms with Gasteiger partial charge in [-0.05, 0) is 42.4 Å². The molecule has 4 nitrogen and oxygen atoms in total. The molecule has 0 aromatic heterocycles. The van der Waals surface area contributed by atoms with E-state index in [0.29, 0.717) is 0 Å². The van der Waals surface area contributed by atoms with Crippen LogP contribution in [0.3, 0.4) is 0 Å². The van der Waals surface area contributed by atoms with E-state index < -0.39 is 6.67 Å². The molecule has 2 N–H and O–H groups in total. The topological polar surface area (TPSA) is 65.4 Å². The lowest BCUT2D eigenvalue weighted by Gasteiger charge is -2.32. The molecule has 0 saturated carbocycles. The first-order valence-electron chi connectivity index (χ1n) is 7.38. The molecular formula is C16H21FN4. The Hall–Kier alpha value is -2.09. The highest BCUT2D eigenvalue weighted by molar-refractivity contribution is 5.80. The maximum absolute atomic E-state index is 12.2. The van der Waals surface area contributed by atoms with E-state index in [2.05, 4.69) is 30.2 Å². The summed E-state index contributed by atoms with van der Waals surface area (Å²) in [7, 11) is 0. The van der Waals surface area contributed by atoms with Gasteiger partial charge < -0.3 is 5.73 Å². The highest BCUT2D eigenvalue weighted by Crippen LogP contribution is 2.35. The minimum Gasteiger partial charge on any atom is -0.369 e. The molecule has 0 radical (unpaired) electrons. The first kappa shape index (κ1) is 15.3. The Morgan fingerprint density at radius 2 is 2.38 bits per heavy atom. The number of hydrogen-bond acceptors (Lipinski definition) is 2. The van der Waals surface area contributed by atoms with E-state index in [-0.39, 0.29) is 18.5 Å². The van der Waals surface area contributed by atoms with Gasteiger partial charge >= 0.3 is 0 Å². The number of halogens is 1. The second-order valence-electron chi connectivity index (χ2n) is 5.15. The van der Waals surface area contributed by atoms with E-state index in [9.17, 15) is 9.65 Å². The number of alkyl halides is 1. The fourth-order valence-corrected chi connectivity index (χ4v) is 3.01. The second-order valence-corrected chi connectivity index (χ2v) is 5.15. The molecule has 2 rings (SSSR count). The van der Waals surface area contributed by atoms with Crippen LogP contribution in [0, 0.1) is 11.5 Å². The minimum absolute atomic E-state index is 0.00140. The Morgan fingerprint density at radius 3 is 3.05 bits per heavy atom. The molecule has 0 heterocycles. The number of benzene rings is 1. The summed E-state index contributed by atoms with van der Waals surface area (Å²) in [6.45, 7) is 1.57. The molecule has 21 heavy (non-hydrogen) atoms. The lowest BCUT2D eigenvalue weighted by molar-refractivity contribution is 0.367. The van der Waals surface area contributed by atoms with Gasteiger partial charge in [0, 0.05) is 0 Å². The smallest absolute Gasteiger partial charge is 0.205 e. The Labute approximate surface area is 125 Å². The van der Waals surface area contributed by atoms with Crippen LogP contribution in [-0.2, 0) is 12.8 Å². The van der Waals surface area contributed by atoms with Crippen LogP contribution in [0.4, 0.5) is 4.39 Å². The number of fused-ring (bicyclic) bond motifs is 1. The number of aliphatic imine (C=N–C) groups is 1. The molecule has 0 fully saturated rings. The number of nitrogens with zero attached hydrogens (tertiary/aromatic N) is 3.